The number of unbranched alkanes of at least 4 members (excludes halogenated alkanes) is 3. The lowest BCUT2D eigenvalue weighted by Gasteiger charge is -2.25. The van der Waals surface area contributed by atoms with Crippen LogP contribution < -0.4 is 0 Å². The fourth-order valence-corrected chi connectivity index (χ4v) is 3.09. The Bertz CT molecular complexity index is 168. The first-order valence-corrected chi connectivity index (χ1v) is 10.1. The van der Waals surface area contributed by atoms with Gasteiger partial charge in [0.25, 0.3) is 0 Å². The van der Waals surface area contributed by atoms with E-state index in [1.807, 2.05) is 0 Å². The van der Waals surface area contributed by atoms with Crippen LogP contribution in [-0.2, 0) is 8.85 Å². The van der Waals surface area contributed by atoms with Crippen molar-refractivity contribution < 1.29 is 8.85 Å². The molecule has 0 aromatic carbocycles. The van der Waals surface area contributed by atoms with Gasteiger partial charge in [-0.2, -0.15) is 0 Å². The summed E-state index contributed by atoms with van der Waals surface area (Å²) in [6.07, 6.45) is 7.48. The van der Waals surface area contributed by atoms with E-state index in [0.29, 0.717) is 5.92 Å². The van der Waals surface area contributed by atoms with E-state index in [-0.39, 0.29) is 0 Å². The molecule has 0 aliphatic rings. The maximum absolute atomic E-state index is 6.00. The third-order valence-electron chi connectivity index (χ3n) is 3.27. The Balaban J connectivity index is 3.64. The van der Waals surface area contributed by atoms with Crippen molar-refractivity contribution in [2.75, 3.05) is 13.2 Å². The molecular formula is C14H32O2Si. The molecule has 2 nitrogen and oxygen atoms in total. The molecule has 0 rings (SSSR count). The largest absolute Gasteiger partial charge is 0.395 e. The number of hydrogen-bond acceptors (Lipinski definition) is 2. The second kappa shape index (κ2) is 10.1. The summed E-state index contributed by atoms with van der Waals surface area (Å²) in [4.78, 5) is 0. The first-order valence-electron chi connectivity index (χ1n) is 7.33. The van der Waals surface area contributed by atoms with Gasteiger partial charge in [0.15, 0.2) is 0 Å². The predicted octanol–water partition coefficient (Wildman–Crippen LogP) is 4.74. The van der Waals surface area contributed by atoms with E-state index in [1.54, 1.807) is 0 Å². The van der Waals surface area contributed by atoms with Crippen molar-refractivity contribution >= 4 is 8.56 Å². The molecule has 0 aliphatic heterocycles. The highest BCUT2D eigenvalue weighted by molar-refractivity contribution is 6.64. The third-order valence-corrected chi connectivity index (χ3v) is 5.03. The van der Waals surface area contributed by atoms with Crippen LogP contribution in [0.3, 0.4) is 0 Å². The van der Waals surface area contributed by atoms with Gasteiger partial charge >= 0.3 is 8.56 Å². The van der Waals surface area contributed by atoms with Gasteiger partial charge in [0.1, 0.15) is 0 Å². The summed E-state index contributed by atoms with van der Waals surface area (Å²) in [7, 11) is -1.86. The van der Waals surface area contributed by atoms with Gasteiger partial charge in [-0.25, -0.2) is 0 Å². The average Bonchev–Trinajstić information content (AvgIpc) is 2.30. The molecule has 0 heterocycles. The highest BCUT2D eigenvalue weighted by Gasteiger charge is 2.25. The van der Waals surface area contributed by atoms with Gasteiger partial charge in [-0.05, 0) is 25.4 Å². The number of rotatable bonds is 11. The minimum absolute atomic E-state index is 0.700. The van der Waals surface area contributed by atoms with Crippen LogP contribution in [0, 0.1) is 5.92 Å². The smallest absolute Gasteiger partial charge is 0.331 e. The molecule has 0 bridgehead atoms. The van der Waals surface area contributed by atoms with Gasteiger partial charge in [0.2, 0.25) is 0 Å². The van der Waals surface area contributed by atoms with Crippen LogP contribution in [0.25, 0.3) is 0 Å². The van der Waals surface area contributed by atoms with Crippen LogP contribution in [0.15, 0.2) is 0 Å². The fourth-order valence-electron chi connectivity index (χ4n) is 1.73. The molecule has 0 aromatic rings. The molecule has 0 aromatic heterocycles. The topological polar surface area (TPSA) is 18.5 Å². The maximum atomic E-state index is 6.00. The van der Waals surface area contributed by atoms with Crippen LogP contribution in [-0.4, -0.2) is 21.8 Å². The van der Waals surface area contributed by atoms with Crippen LogP contribution >= 0.6 is 0 Å². The molecule has 104 valence electrons. The summed E-state index contributed by atoms with van der Waals surface area (Å²) in [6, 6.07) is 0. The molecule has 0 saturated carbocycles. The molecule has 3 heteroatoms. The minimum Gasteiger partial charge on any atom is -0.395 e. The summed E-state index contributed by atoms with van der Waals surface area (Å²) in [6.45, 7) is 12.8. The molecule has 0 amide bonds. The highest BCUT2D eigenvalue weighted by Crippen LogP contribution is 2.14. The Hall–Kier alpha value is 0.137. The zero-order valence-electron chi connectivity index (χ0n) is 12.6. The monoisotopic (exact) mass is 260 g/mol. The number of hydrogen-bond donors (Lipinski definition) is 0. The molecule has 0 N–H and O–H groups in total. The summed E-state index contributed by atoms with van der Waals surface area (Å²) >= 11 is 0. The second-order valence-corrected chi connectivity index (χ2v) is 8.68. The van der Waals surface area contributed by atoms with Gasteiger partial charge in [-0.3, -0.25) is 0 Å². The van der Waals surface area contributed by atoms with Crippen molar-refractivity contribution in [1.82, 2.24) is 0 Å². The van der Waals surface area contributed by atoms with Crippen molar-refractivity contribution in [3.05, 3.63) is 0 Å². The van der Waals surface area contributed by atoms with E-state index in [9.17, 15) is 0 Å². The molecule has 0 spiro atoms. The third kappa shape index (κ3) is 9.80. The van der Waals surface area contributed by atoms with Crippen molar-refractivity contribution in [3.63, 3.8) is 0 Å². The van der Waals surface area contributed by atoms with E-state index in [4.69, 9.17) is 8.85 Å². The lowest BCUT2D eigenvalue weighted by atomic mass is 10.1. The van der Waals surface area contributed by atoms with E-state index < -0.39 is 8.56 Å². The summed E-state index contributed by atoms with van der Waals surface area (Å²) in [5.74, 6) is 0.700. The average molecular weight is 260 g/mol. The molecule has 17 heavy (non-hydrogen) atoms. The van der Waals surface area contributed by atoms with Crippen LogP contribution in [0.2, 0.25) is 13.1 Å². The lowest BCUT2D eigenvalue weighted by molar-refractivity contribution is 0.148. The van der Waals surface area contributed by atoms with E-state index in [0.717, 1.165) is 13.2 Å². The van der Waals surface area contributed by atoms with Crippen LogP contribution in [0.1, 0.15) is 59.3 Å². The standard InChI is InChI=1S/C14H32O2Si/c1-6-9-10-11-12-15-17(4,5)16-13-14(7-2)8-3/h14H,6-13H2,1-5H3. The van der Waals surface area contributed by atoms with Crippen molar-refractivity contribution in [2.24, 2.45) is 5.92 Å². The second-order valence-electron chi connectivity index (χ2n) is 5.30. The molecule has 0 saturated heterocycles. The van der Waals surface area contributed by atoms with Gasteiger partial charge < -0.3 is 8.85 Å². The normalized spacial score (nSPS) is 12.4. The lowest BCUT2D eigenvalue weighted by Crippen LogP contribution is -2.36. The van der Waals surface area contributed by atoms with Crippen molar-refractivity contribution in [2.45, 2.75) is 72.4 Å². The summed E-state index contributed by atoms with van der Waals surface area (Å²) in [5, 5.41) is 0. The molecule has 0 radical (unpaired) electrons. The van der Waals surface area contributed by atoms with Crippen LogP contribution in [0.4, 0.5) is 0 Å². The van der Waals surface area contributed by atoms with Gasteiger partial charge in [-0.1, -0.05) is 52.9 Å². The first-order chi connectivity index (χ1) is 8.05. The van der Waals surface area contributed by atoms with Crippen LogP contribution in [0.5, 0.6) is 0 Å². The molecular weight excluding hydrogens is 228 g/mol. The fraction of sp³-hybridized carbons (Fsp3) is 1.00. The minimum atomic E-state index is -1.86. The summed E-state index contributed by atoms with van der Waals surface area (Å²) in [5.41, 5.74) is 0. The first kappa shape index (κ1) is 17.1. The maximum Gasteiger partial charge on any atom is 0.331 e. The zero-order valence-corrected chi connectivity index (χ0v) is 13.6. The Labute approximate surface area is 109 Å². The molecule has 0 aliphatic carbocycles. The van der Waals surface area contributed by atoms with E-state index in [2.05, 4.69) is 33.9 Å². The highest BCUT2D eigenvalue weighted by atomic mass is 28.4. The SMILES string of the molecule is CCCCCCO[Si](C)(C)OCC(CC)CC. The molecule has 0 atom stereocenters. The van der Waals surface area contributed by atoms with Gasteiger partial charge in [0.05, 0.1) is 0 Å². The molecule has 0 unspecified atom stereocenters. The Morgan fingerprint density at radius 1 is 0.882 bits per heavy atom. The quantitative estimate of drug-likeness (QED) is 0.395. The predicted molar refractivity (Wildman–Crippen MR) is 77.6 cm³/mol. The van der Waals surface area contributed by atoms with E-state index >= 15 is 0 Å². The zero-order chi connectivity index (χ0) is 13.1. The summed E-state index contributed by atoms with van der Waals surface area (Å²) < 4.78 is 11.9. The van der Waals surface area contributed by atoms with Gasteiger partial charge in [-0.15, -0.1) is 0 Å². The van der Waals surface area contributed by atoms with Crippen molar-refractivity contribution in [1.29, 1.82) is 0 Å². The Morgan fingerprint density at radius 3 is 2.06 bits per heavy atom. The molecule has 0 fully saturated rings. The van der Waals surface area contributed by atoms with Gasteiger partial charge in [0, 0.05) is 13.2 Å². The Kier molecular flexibility index (Phi) is 10.2. The Morgan fingerprint density at radius 2 is 1.53 bits per heavy atom. The van der Waals surface area contributed by atoms with E-state index in [1.165, 1.54) is 38.5 Å². The van der Waals surface area contributed by atoms with Crippen molar-refractivity contribution in [3.8, 4) is 0 Å².